The number of rotatable bonds is 6. The molecule has 1 atom stereocenters. The van der Waals surface area contributed by atoms with Crippen LogP contribution < -0.4 is 15.5 Å². The van der Waals surface area contributed by atoms with Crippen LogP contribution in [0.3, 0.4) is 0 Å². The number of anilines is 1. The highest BCUT2D eigenvalue weighted by molar-refractivity contribution is 5.97. The van der Waals surface area contributed by atoms with Gasteiger partial charge in [-0.1, -0.05) is 6.07 Å². The van der Waals surface area contributed by atoms with Gasteiger partial charge in [-0.25, -0.2) is 4.98 Å². The number of furan rings is 1. The number of nitrogens with one attached hydrogen (secondary N) is 2. The van der Waals surface area contributed by atoms with Gasteiger partial charge in [-0.05, 0) is 37.5 Å². The number of carbonyl (C=O) groups is 2. The topological polar surface area (TPSA) is 87.5 Å². The largest absolute Gasteiger partial charge is 0.472 e. The van der Waals surface area contributed by atoms with Crippen molar-refractivity contribution >= 4 is 17.6 Å². The molecular weight excluding hydrogens is 320 g/mol. The zero-order valence-electron chi connectivity index (χ0n) is 14.2. The average Bonchev–Trinajstić information content (AvgIpc) is 3.33. The Hall–Kier alpha value is -2.83. The third-order valence-corrected chi connectivity index (χ3v) is 4.23. The SMILES string of the molecule is C[C@H](NC(=O)c1ccoc1)C(=O)NCc1ccc(N2CCCC2)nc1. The Morgan fingerprint density at radius 3 is 2.72 bits per heavy atom. The monoisotopic (exact) mass is 342 g/mol. The summed E-state index contributed by atoms with van der Waals surface area (Å²) >= 11 is 0. The molecule has 3 rings (SSSR count). The number of hydrogen-bond acceptors (Lipinski definition) is 5. The van der Waals surface area contributed by atoms with Crippen molar-refractivity contribution in [3.63, 3.8) is 0 Å². The molecule has 1 saturated heterocycles. The van der Waals surface area contributed by atoms with Crippen molar-refractivity contribution in [3.05, 3.63) is 48.0 Å². The highest BCUT2D eigenvalue weighted by Gasteiger charge is 2.17. The predicted molar refractivity (Wildman–Crippen MR) is 93.2 cm³/mol. The van der Waals surface area contributed by atoms with Gasteiger partial charge in [0.05, 0.1) is 11.8 Å². The lowest BCUT2D eigenvalue weighted by molar-refractivity contribution is -0.122. The highest BCUT2D eigenvalue weighted by Crippen LogP contribution is 2.17. The van der Waals surface area contributed by atoms with Crippen LogP contribution in [0.5, 0.6) is 0 Å². The summed E-state index contributed by atoms with van der Waals surface area (Å²) in [4.78, 5) is 30.7. The minimum Gasteiger partial charge on any atom is -0.472 e. The van der Waals surface area contributed by atoms with Gasteiger partial charge in [-0.15, -0.1) is 0 Å². The van der Waals surface area contributed by atoms with Crippen molar-refractivity contribution in [2.45, 2.75) is 32.4 Å². The maximum Gasteiger partial charge on any atom is 0.255 e. The van der Waals surface area contributed by atoms with E-state index in [0.29, 0.717) is 12.1 Å². The molecule has 25 heavy (non-hydrogen) atoms. The van der Waals surface area contributed by atoms with Crippen LogP contribution in [0.4, 0.5) is 5.82 Å². The van der Waals surface area contributed by atoms with Crippen LogP contribution in [0.1, 0.15) is 35.7 Å². The lowest BCUT2D eigenvalue weighted by Gasteiger charge is -2.17. The Labute approximate surface area is 146 Å². The summed E-state index contributed by atoms with van der Waals surface area (Å²) in [5.41, 5.74) is 1.31. The second-order valence-corrected chi connectivity index (χ2v) is 6.14. The molecule has 1 fully saturated rings. The lowest BCUT2D eigenvalue weighted by atomic mass is 10.2. The number of hydrogen-bond donors (Lipinski definition) is 2. The van der Waals surface area contributed by atoms with E-state index in [1.807, 2.05) is 12.1 Å². The van der Waals surface area contributed by atoms with Crippen LogP contribution in [0, 0.1) is 0 Å². The Morgan fingerprint density at radius 1 is 1.28 bits per heavy atom. The lowest BCUT2D eigenvalue weighted by Crippen LogP contribution is -2.44. The van der Waals surface area contributed by atoms with Gasteiger partial charge in [-0.3, -0.25) is 9.59 Å². The molecule has 0 spiro atoms. The van der Waals surface area contributed by atoms with E-state index in [-0.39, 0.29) is 11.8 Å². The van der Waals surface area contributed by atoms with E-state index in [4.69, 9.17) is 4.42 Å². The van der Waals surface area contributed by atoms with Gasteiger partial charge in [0.25, 0.3) is 5.91 Å². The van der Waals surface area contributed by atoms with Gasteiger partial charge in [0, 0.05) is 25.8 Å². The molecule has 0 aromatic carbocycles. The average molecular weight is 342 g/mol. The van der Waals surface area contributed by atoms with Gasteiger partial charge in [0.1, 0.15) is 18.1 Å². The summed E-state index contributed by atoms with van der Waals surface area (Å²) < 4.78 is 4.86. The zero-order valence-corrected chi connectivity index (χ0v) is 14.2. The molecule has 2 aromatic heterocycles. The summed E-state index contributed by atoms with van der Waals surface area (Å²) in [6.45, 7) is 4.12. The van der Waals surface area contributed by atoms with E-state index in [1.165, 1.54) is 25.4 Å². The molecule has 0 aliphatic carbocycles. The molecule has 2 aromatic rings. The van der Waals surface area contributed by atoms with Crippen molar-refractivity contribution in [1.29, 1.82) is 0 Å². The quantitative estimate of drug-likeness (QED) is 0.834. The number of amides is 2. The van der Waals surface area contributed by atoms with E-state index in [9.17, 15) is 9.59 Å². The van der Waals surface area contributed by atoms with Crippen molar-refractivity contribution < 1.29 is 14.0 Å². The van der Waals surface area contributed by atoms with E-state index in [0.717, 1.165) is 24.5 Å². The molecule has 0 radical (unpaired) electrons. The maximum atomic E-state index is 12.1. The van der Waals surface area contributed by atoms with Crippen molar-refractivity contribution in [3.8, 4) is 0 Å². The van der Waals surface area contributed by atoms with Gasteiger partial charge >= 0.3 is 0 Å². The molecule has 0 saturated carbocycles. The summed E-state index contributed by atoms with van der Waals surface area (Å²) in [6.07, 6.45) is 6.96. The Morgan fingerprint density at radius 2 is 2.08 bits per heavy atom. The van der Waals surface area contributed by atoms with Crippen LogP contribution >= 0.6 is 0 Å². The molecule has 2 amide bonds. The molecule has 2 N–H and O–H groups in total. The Kier molecular flexibility index (Phi) is 5.33. The van der Waals surface area contributed by atoms with Crippen LogP contribution in [-0.4, -0.2) is 35.9 Å². The van der Waals surface area contributed by atoms with Gasteiger partial charge < -0.3 is 20.0 Å². The molecule has 0 unspecified atom stereocenters. The first-order valence-corrected chi connectivity index (χ1v) is 8.44. The number of carbonyl (C=O) groups excluding carboxylic acids is 2. The van der Waals surface area contributed by atoms with Crippen LogP contribution in [-0.2, 0) is 11.3 Å². The number of nitrogens with zero attached hydrogens (tertiary/aromatic N) is 2. The molecule has 0 bridgehead atoms. The second kappa shape index (κ2) is 7.83. The normalized spacial score (nSPS) is 15.0. The highest BCUT2D eigenvalue weighted by atomic mass is 16.3. The first-order valence-electron chi connectivity index (χ1n) is 8.44. The third kappa shape index (κ3) is 4.37. The molecule has 132 valence electrons. The van der Waals surface area contributed by atoms with Crippen molar-refractivity contribution in [1.82, 2.24) is 15.6 Å². The van der Waals surface area contributed by atoms with Crippen LogP contribution in [0.2, 0.25) is 0 Å². The minimum absolute atomic E-state index is 0.250. The molecule has 1 aliphatic heterocycles. The smallest absolute Gasteiger partial charge is 0.255 e. The zero-order chi connectivity index (χ0) is 17.6. The van der Waals surface area contributed by atoms with Crippen molar-refractivity contribution in [2.75, 3.05) is 18.0 Å². The maximum absolute atomic E-state index is 12.1. The molecule has 3 heterocycles. The standard InChI is InChI=1S/C18H22N4O3/c1-13(21-18(24)15-6-9-25-12-15)17(23)20-11-14-4-5-16(19-10-14)22-7-2-3-8-22/h4-6,9-10,12-13H,2-3,7-8,11H2,1H3,(H,20,23)(H,21,24)/t13-/m0/s1. The minimum atomic E-state index is -0.640. The second-order valence-electron chi connectivity index (χ2n) is 6.14. The van der Waals surface area contributed by atoms with Crippen LogP contribution in [0.15, 0.2) is 41.3 Å². The number of pyridine rings is 1. The Bertz CT molecular complexity index is 706. The Balaban J connectivity index is 1.47. The summed E-state index contributed by atoms with van der Waals surface area (Å²) in [6, 6.07) is 4.86. The summed E-state index contributed by atoms with van der Waals surface area (Å²) in [5.74, 6) is 0.391. The molecule has 7 nitrogen and oxygen atoms in total. The van der Waals surface area contributed by atoms with Crippen LogP contribution in [0.25, 0.3) is 0 Å². The summed E-state index contributed by atoms with van der Waals surface area (Å²) in [5, 5.41) is 5.44. The fraction of sp³-hybridized carbons (Fsp3) is 0.389. The van der Waals surface area contributed by atoms with E-state index < -0.39 is 6.04 Å². The van der Waals surface area contributed by atoms with Gasteiger partial charge in [0.2, 0.25) is 5.91 Å². The third-order valence-electron chi connectivity index (χ3n) is 4.23. The molecular formula is C18H22N4O3. The van der Waals surface area contributed by atoms with E-state index in [2.05, 4.69) is 20.5 Å². The van der Waals surface area contributed by atoms with E-state index in [1.54, 1.807) is 19.2 Å². The first kappa shape index (κ1) is 17.0. The fourth-order valence-corrected chi connectivity index (χ4v) is 2.74. The first-order chi connectivity index (χ1) is 12.1. The fourth-order valence-electron chi connectivity index (χ4n) is 2.74. The van der Waals surface area contributed by atoms with E-state index >= 15 is 0 Å². The number of aromatic nitrogens is 1. The molecule has 1 aliphatic rings. The molecule has 7 heteroatoms. The summed E-state index contributed by atoms with van der Waals surface area (Å²) in [7, 11) is 0. The van der Waals surface area contributed by atoms with Gasteiger partial charge in [0.15, 0.2) is 0 Å². The van der Waals surface area contributed by atoms with Gasteiger partial charge in [-0.2, -0.15) is 0 Å². The van der Waals surface area contributed by atoms with Crippen molar-refractivity contribution in [2.24, 2.45) is 0 Å². The predicted octanol–water partition coefficient (Wildman–Crippen LogP) is 1.71.